The second-order valence-electron chi connectivity index (χ2n) is 9.44. The predicted octanol–water partition coefficient (Wildman–Crippen LogP) is 5.20. The van der Waals surface area contributed by atoms with E-state index < -0.39 is 19.4 Å². The van der Waals surface area contributed by atoms with Gasteiger partial charge in [-0.25, -0.2) is 0 Å². The van der Waals surface area contributed by atoms with Gasteiger partial charge in [0.25, 0.3) is 0 Å². The number of hydrogen-bond donors (Lipinski definition) is 0. The van der Waals surface area contributed by atoms with E-state index >= 15 is 9.13 Å². The first-order valence-electron chi connectivity index (χ1n) is 11.1. The van der Waals surface area contributed by atoms with Gasteiger partial charge in [0.15, 0.2) is 14.3 Å². The van der Waals surface area contributed by atoms with Crippen molar-refractivity contribution in [3.05, 3.63) is 114 Å². The van der Waals surface area contributed by atoms with Crippen LogP contribution in [0.3, 0.4) is 0 Å². The van der Waals surface area contributed by atoms with E-state index in [4.69, 9.17) is 0 Å². The van der Waals surface area contributed by atoms with Crippen LogP contribution in [-0.4, -0.2) is 4.98 Å². The van der Waals surface area contributed by atoms with Crippen LogP contribution in [-0.2, 0) is 14.3 Å². The molecule has 5 heteroatoms. The fourth-order valence-corrected chi connectivity index (χ4v) is 13.1. The van der Waals surface area contributed by atoms with Gasteiger partial charge in [0.05, 0.1) is 5.16 Å². The normalized spacial score (nSPS) is 25.3. The molecule has 3 aliphatic rings. The summed E-state index contributed by atoms with van der Waals surface area (Å²) in [5.74, 6) is 0. The molecule has 4 aromatic rings. The van der Waals surface area contributed by atoms with Crippen molar-refractivity contribution in [2.75, 3.05) is 0 Å². The van der Waals surface area contributed by atoms with Crippen molar-refractivity contribution in [2.45, 2.75) is 19.0 Å². The minimum absolute atomic E-state index is 0.582. The lowest BCUT2D eigenvalue weighted by atomic mass is 9.91. The van der Waals surface area contributed by atoms with Crippen LogP contribution in [0, 0.1) is 0 Å². The minimum atomic E-state index is -3.24. The number of hydrogen-bond acceptors (Lipinski definition) is 3. The molecule has 7 rings (SSSR count). The van der Waals surface area contributed by atoms with Crippen LogP contribution in [0.15, 0.2) is 91.3 Å². The number of nitrogens with zero attached hydrogens (tertiary/aromatic N) is 1. The molecule has 0 spiro atoms. The molecular formula is C28H21NO2P2. The molecule has 0 bridgehead atoms. The summed E-state index contributed by atoms with van der Waals surface area (Å²) in [7, 11) is -6.27. The van der Waals surface area contributed by atoms with Crippen molar-refractivity contribution in [1.82, 2.24) is 4.98 Å². The van der Waals surface area contributed by atoms with Gasteiger partial charge >= 0.3 is 0 Å². The molecule has 160 valence electrons. The van der Waals surface area contributed by atoms with Gasteiger partial charge in [0, 0.05) is 50.1 Å². The van der Waals surface area contributed by atoms with Gasteiger partial charge in [-0.3, -0.25) is 4.98 Å². The minimum Gasteiger partial charge on any atom is -0.313 e. The third-order valence-corrected chi connectivity index (χ3v) is 14.8. The quantitative estimate of drug-likeness (QED) is 0.363. The lowest BCUT2D eigenvalue weighted by Gasteiger charge is -2.28. The monoisotopic (exact) mass is 465 g/mol. The number of fused-ring (bicyclic) bond motifs is 5. The zero-order valence-corrected chi connectivity index (χ0v) is 20.1. The third-order valence-electron chi connectivity index (χ3n) is 7.67. The van der Waals surface area contributed by atoms with Crippen LogP contribution in [0.1, 0.15) is 36.1 Å². The zero-order valence-electron chi connectivity index (χ0n) is 18.3. The average molecular weight is 465 g/mol. The van der Waals surface area contributed by atoms with Gasteiger partial charge < -0.3 is 9.13 Å². The molecule has 3 aromatic carbocycles. The lowest BCUT2D eigenvalue weighted by Crippen LogP contribution is -2.28. The smallest absolute Gasteiger partial charge is 0.172 e. The maximum atomic E-state index is 15.4. The molecule has 0 radical (unpaired) electrons. The first-order valence-corrected chi connectivity index (χ1v) is 14.5. The second-order valence-corrected chi connectivity index (χ2v) is 15.4. The average Bonchev–Trinajstić information content (AvgIpc) is 3.18. The molecule has 2 atom stereocenters. The van der Waals surface area contributed by atoms with E-state index in [1.54, 1.807) is 12.4 Å². The highest BCUT2D eigenvalue weighted by Crippen LogP contribution is 2.81. The van der Waals surface area contributed by atoms with E-state index in [2.05, 4.69) is 37.0 Å². The fraction of sp³-hybridized carbons (Fsp3) is 0.107. The Labute approximate surface area is 193 Å². The van der Waals surface area contributed by atoms with Gasteiger partial charge in [0.1, 0.15) is 0 Å². The first kappa shape index (κ1) is 19.5. The molecule has 3 aliphatic heterocycles. The molecule has 33 heavy (non-hydrogen) atoms. The molecule has 4 heterocycles. The molecule has 1 aromatic heterocycles. The Morgan fingerprint density at radius 1 is 0.697 bits per heavy atom. The summed E-state index contributed by atoms with van der Waals surface area (Å²) < 4.78 is 30.6. The van der Waals surface area contributed by atoms with Gasteiger partial charge in [-0.1, -0.05) is 66.7 Å². The van der Waals surface area contributed by atoms with E-state index in [0.29, 0.717) is 0 Å². The van der Waals surface area contributed by atoms with Gasteiger partial charge in [-0.2, -0.15) is 0 Å². The number of benzene rings is 3. The van der Waals surface area contributed by atoms with Crippen LogP contribution >= 0.6 is 14.3 Å². The van der Waals surface area contributed by atoms with E-state index in [0.717, 1.165) is 54.4 Å². The predicted molar refractivity (Wildman–Crippen MR) is 136 cm³/mol. The molecule has 0 saturated heterocycles. The highest BCUT2D eigenvalue weighted by Gasteiger charge is 2.61. The Hall–Kier alpha value is -2.99. The number of pyridine rings is 1. The van der Waals surface area contributed by atoms with E-state index in [1.165, 1.54) is 0 Å². The Morgan fingerprint density at radius 2 is 1.30 bits per heavy atom. The molecule has 0 N–H and O–H groups in total. The van der Waals surface area contributed by atoms with Crippen molar-refractivity contribution in [3.8, 4) is 0 Å². The molecule has 0 amide bonds. The Balaban J connectivity index is 1.77. The zero-order chi connectivity index (χ0) is 22.6. The van der Waals surface area contributed by atoms with Crippen molar-refractivity contribution >= 4 is 46.4 Å². The van der Waals surface area contributed by atoms with Crippen molar-refractivity contribution in [2.24, 2.45) is 0 Å². The van der Waals surface area contributed by atoms with Crippen LogP contribution in [0.2, 0.25) is 0 Å². The van der Waals surface area contributed by atoms with E-state index in [-0.39, 0.29) is 0 Å². The van der Waals surface area contributed by atoms with Crippen LogP contribution in [0.4, 0.5) is 0 Å². The Kier molecular flexibility index (Phi) is 3.61. The van der Waals surface area contributed by atoms with Crippen LogP contribution in [0.5, 0.6) is 0 Å². The highest BCUT2D eigenvalue weighted by atomic mass is 31.2. The Bertz CT molecular complexity index is 1650. The Morgan fingerprint density at radius 3 is 2.03 bits per heavy atom. The third kappa shape index (κ3) is 2.03. The summed E-state index contributed by atoms with van der Waals surface area (Å²) in [6, 6.07) is 25.9. The maximum absolute atomic E-state index is 15.4. The highest BCUT2D eigenvalue weighted by molar-refractivity contribution is 7.87. The van der Waals surface area contributed by atoms with Crippen LogP contribution in [0.25, 0.3) is 10.9 Å². The topological polar surface area (TPSA) is 47.0 Å². The van der Waals surface area contributed by atoms with Gasteiger partial charge in [0.2, 0.25) is 0 Å². The standard InChI is InChI=1S/C28H21NO2P2/c1-28(2)21-10-7-13-24-26(21)27-25(20-9-4-6-12-23(20)33(27,28)31)19-8-3-5-11-22(19)32(24,30)18-14-16-29-17-15-18/h3-17H,1-2H3. The number of aromatic nitrogens is 1. The first-order chi connectivity index (χ1) is 15.9. The van der Waals surface area contributed by atoms with E-state index in [9.17, 15) is 0 Å². The van der Waals surface area contributed by atoms with Crippen molar-refractivity contribution in [1.29, 1.82) is 0 Å². The SMILES string of the molecule is CC1(C)c2cccc3c2C2=C(c4ccccc4P3(=O)c3ccncc3)c3ccccc3P21=O. The molecule has 2 unspecified atom stereocenters. The molecular weight excluding hydrogens is 444 g/mol. The summed E-state index contributed by atoms with van der Waals surface area (Å²) in [6.07, 6.45) is 3.41. The van der Waals surface area contributed by atoms with Crippen molar-refractivity contribution < 1.29 is 9.13 Å². The van der Waals surface area contributed by atoms with Gasteiger partial charge in [-0.05, 0) is 42.7 Å². The molecule has 3 nitrogen and oxygen atoms in total. The largest absolute Gasteiger partial charge is 0.313 e. The molecule has 0 aliphatic carbocycles. The van der Waals surface area contributed by atoms with E-state index in [1.807, 2.05) is 60.7 Å². The van der Waals surface area contributed by atoms with Crippen LogP contribution < -0.4 is 21.2 Å². The molecule has 0 fully saturated rings. The summed E-state index contributed by atoms with van der Waals surface area (Å²) in [5, 5.41) is 3.61. The lowest BCUT2D eigenvalue weighted by molar-refractivity contribution is 0.564. The maximum Gasteiger partial charge on any atom is 0.172 e. The summed E-state index contributed by atoms with van der Waals surface area (Å²) in [5.41, 5.74) is 4.91. The van der Waals surface area contributed by atoms with Gasteiger partial charge in [-0.15, -0.1) is 0 Å². The second kappa shape index (κ2) is 6.11. The fourth-order valence-electron chi connectivity index (χ4n) is 6.15. The summed E-state index contributed by atoms with van der Waals surface area (Å²) in [6.45, 7) is 4.18. The van der Waals surface area contributed by atoms with Crippen molar-refractivity contribution in [3.63, 3.8) is 0 Å². The molecule has 0 saturated carbocycles. The number of rotatable bonds is 1. The summed E-state index contributed by atoms with van der Waals surface area (Å²) >= 11 is 0. The summed E-state index contributed by atoms with van der Waals surface area (Å²) in [4.78, 5) is 4.18.